The highest BCUT2D eigenvalue weighted by atomic mass is 16.7. The summed E-state index contributed by atoms with van der Waals surface area (Å²) >= 11 is 0. The molecule has 5 rings (SSSR count). The predicted octanol–water partition coefficient (Wildman–Crippen LogP) is 7.10. The molecule has 0 radical (unpaired) electrons. The molecule has 3 aromatic carbocycles. The Balaban J connectivity index is 0.000000183. The van der Waals surface area contributed by atoms with Gasteiger partial charge in [-0.1, -0.05) is 68.8 Å². The second-order valence-electron chi connectivity index (χ2n) is 9.59. The van der Waals surface area contributed by atoms with E-state index in [1.54, 1.807) is 0 Å². The minimum Gasteiger partial charge on any atom is -0.494 e. The molecular weight excluding hydrogens is 486 g/mol. The minimum atomic E-state index is 0.316. The first-order valence-corrected chi connectivity index (χ1v) is 14.0. The molecule has 1 aliphatic rings. The molecule has 0 atom stereocenters. The molecule has 6 heteroatoms. The number of nitrogens with zero attached hydrogens (tertiary/aromatic N) is 2. The summed E-state index contributed by atoms with van der Waals surface area (Å²) < 4.78 is 18.2. The first-order valence-electron chi connectivity index (χ1n) is 14.0. The average Bonchev–Trinajstić information content (AvgIpc) is 3.56. The molecule has 0 aliphatic carbocycles. The van der Waals surface area contributed by atoms with Gasteiger partial charge in [-0.25, -0.2) is 0 Å². The van der Waals surface area contributed by atoms with Gasteiger partial charge in [0.1, 0.15) is 5.75 Å². The molecule has 0 saturated carbocycles. The van der Waals surface area contributed by atoms with Gasteiger partial charge in [0.2, 0.25) is 6.79 Å². The van der Waals surface area contributed by atoms with E-state index < -0.39 is 0 Å². The van der Waals surface area contributed by atoms with Crippen molar-refractivity contribution < 1.29 is 14.2 Å². The second-order valence-corrected chi connectivity index (χ2v) is 9.59. The van der Waals surface area contributed by atoms with Crippen LogP contribution < -0.4 is 19.5 Å². The van der Waals surface area contributed by atoms with Crippen LogP contribution in [0.4, 0.5) is 0 Å². The van der Waals surface area contributed by atoms with Gasteiger partial charge in [0.05, 0.1) is 12.3 Å². The van der Waals surface area contributed by atoms with E-state index in [9.17, 15) is 0 Å². The Hall–Kier alpha value is -3.77. The first-order chi connectivity index (χ1) is 19.1. The molecule has 4 aromatic rings. The summed E-state index contributed by atoms with van der Waals surface area (Å²) in [6, 6.07) is 24.7. The summed E-state index contributed by atoms with van der Waals surface area (Å²) in [5.41, 5.74) is 7.61. The molecule has 1 aliphatic heterocycles. The summed E-state index contributed by atoms with van der Waals surface area (Å²) in [5.74, 6) is 2.57. The largest absolute Gasteiger partial charge is 0.494 e. The number of fused-ring (bicyclic) bond motifs is 1. The number of rotatable bonds is 11. The smallest absolute Gasteiger partial charge is 0.231 e. The highest BCUT2D eigenvalue weighted by molar-refractivity contribution is 5.64. The molecule has 0 unspecified atom stereocenters. The first kappa shape index (κ1) is 28.2. The van der Waals surface area contributed by atoms with Gasteiger partial charge in [-0.05, 0) is 61.6 Å². The van der Waals surface area contributed by atoms with E-state index in [1.165, 1.54) is 46.5 Å². The standard InChI is InChI=1S/C17H19NO3.C16H22N2/c1-2-19-15-5-3-4-13(8-15)10-18-11-14-6-7-16-17(9-14)21-12-20-16;1-4-6-12-14-15(5-2)18(3)17-16(14)13-10-8-7-9-11-13/h3-9,18H,2,10-12H2,1H3;7-11H,4-6,12H2,1-3H3. The summed E-state index contributed by atoms with van der Waals surface area (Å²) in [7, 11) is 2.06. The van der Waals surface area contributed by atoms with Crippen molar-refractivity contribution >= 4 is 0 Å². The average molecular weight is 528 g/mol. The van der Waals surface area contributed by atoms with Gasteiger partial charge in [-0.3, -0.25) is 4.68 Å². The van der Waals surface area contributed by atoms with Crippen molar-refractivity contribution in [1.82, 2.24) is 15.1 Å². The monoisotopic (exact) mass is 527 g/mol. The Bertz CT molecular complexity index is 1320. The van der Waals surface area contributed by atoms with E-state index in [0.29, 0.717) is 13.4 Å². The lowest BCUT2D eigenvalue weighted by Crippen LogP contribution is -2.12. The predicted molar refractivity (Wildman–Crippen MR) is 157 cm³/mol. The van der Waals surface area contributed by atoms with Crippen LogP contribution in [0.5, 0.6) is 17.2 Å². The van der Waals surface area contributed by atoms with Gasteiger partial charge in [-0.15, -0.1) is 0 Å². The number of hydrogen-bond donors (Lipinski definition) is 1. The third kappa shape index (κ3) is 7.64. The maximum absolute atomic E-state index is 5.50. The Morgan fingerprint density at radius 1 is 0.872 bits per heavy atom. The summed E-state index contributed by atoms with van der Waals surface area (Å²) in [6.07, 6.45) is 4.65. The Kier molecular flexibility index (Phi) is 10.4. The van der Waals surface area contributed by atoms with Crippen LogP contribution >= 0.6 is 0 Å². The fourth-order valence-corrected chi connectivity index (χ4v) is 4.80. The zero-order chi connectivity index (χ0) is 27.5. The van der Waals surface area contributed by atoms with Gasteiger partial charge in [0.15, 0.2) is 11.5 Å². The van der Waals surface area contributed by atoms with Crippen molar-refractivity contribution in [2.75, 3.05) is 13.4 Å². The molecule has 0 amide bonds. The zero-order valence-electron chi connectivity index (χ0n) is 23.7. The van der Waals surface area contributed by atoms with Crippen LogP contribution in [0, 0.1) is 0 Å². The molecule has 0 spiro atoms. The molecule has 0 bridgehead atoms. The van der Waals surface area contributed by atoms with Crippen LogP contribution in [0.25, 0.3) is 11.3 Å². The lowest BCUT2D eigenvalue weighted by atomic mass is 10.00. The molecule has 1 aromatic heterocycles. The molecule has 39 heavy (non-hydrogen) atoms. The van der Waals surface area contributed by atoms with E-state index in [4.69, 9.17) is 19.3 Å². The van der Waals surface area contributed by atoms with E-state index in [0.717, 1.165) is 43.2 Å². The van der Waals surface area contributed by atoms with Crippen molar-refractivity contribution in [3.63, 3.8) is 0 Å². The van der Waals surface area contributed by atoms with Crippen LogP contribution in [0.3, 0.4) is 0 Å². The Labute approximate surface area is 232 Å². The Morgan fingerprint density at radius 3 is 2.38 bits per heavy atom. The molecule has 2 heterocycles. The minimum absolute atomic E-state index is 0.316. The van der Waals surface area contributed by atoms with Gasteiger partial charge in [0, 0.05) is 37.0 Å². The summed E-state index contributed by atoms with van der Waals surface area (Å²) in [6.45, 7) is 9.03. The number of nitrogens with one attached hydrogen (secondary N) is 1. The number of aromatic nitrogens is 2. The normalized spacial score (nSPS) is 11.7. The van der Waals surface area contributed by atoms with E-state index >= 15 is 0 Å². The van der Waals surface area contributed by atoms with Crippen LogP contribution in [0.15, 0.2) is 72.8 Å². The molecule has 0 saturated heterocycles. The number of ether oxygens (including phenoxy) is 3. The van der Waals surface area contributed by atoms with Gasteiger partial charge >= 0.3 is 0 Å². The molecule has 6 nitrogen and oxygen atoms in total. The van der Waals surface area contributed by atoms with Crippen LogP contribution in [-0.2, 0) is 33.0 Å². The van der Waals surface area contributed by atoms with Gasteiger partial charge < -0.3 is 19.5 Å². The van der Waals surface area contributed by atoms with Gasteiger partial charge in [-0.2, -0.15) is 5.10 Å². The topological polar surface area (TPSA) is 57.5 Å². The van der Waals surface area contributed by atoms with Crippen molar-refractivity contribution in [1.29, 1.82) is 0 Å². The SMILES string of the molecule is CCCCc1c(-c2ccccc2)nn(C)c1CC.CCOc1cccc(CNCc2ccc3c(c2)OCO3)c1. The van der Waals surface area contributed by atoms with Crippen LogP contribution in [-0.4, -0.2) is 23.2 Å². The van der Waals surface area contributed by atoms with Crippen molar-refractivity contribution in [3.8, 4) is 28.5 Å². The van der Waals surface area contributed by atoms with Crippen molar-refractivity contribution in [3.05, 3.63) is 95.2 Å². The quantitative estimate of drug-likeness (QED) is 0.226. The van der Waals surface area contributed by atoms with E-state index in [-0.39, 0.29) is 0 Å². The maximum Gasteiger partial charge on any atom is 0.231 e. The van der Waals surface area contributed by atoms with Crippen molar-refractivity contribution in [2.24, 2.45) is 7.05 Å². The van der Waals surface area contributed by atoms with Crippen LogP contribution in [0.2, 0.25) is 0 Å². The van der Waals surface area contributed by atoms with Crippen molar-refractivity contribution in [2.45, 2.75) is 59.5 Å². The number of benzene rings is 3. The maximum atomic E-state index is 5.50. The number of unbranched alkanes of at least 4 members (excludes halogenated alkanes) is 1. The highest BCUT2D eigenvalue weighted by Crippen LogP contribution is 2.32. The fourth-order valence-electron chi connectivity index (χ4n) is 4.80. The third-order valence-corrected chi connectivity index (χ3v) is 6.74. The molecule has 206 valence electrons. The fraction of sp³-hybridized carbons (Fsp3) is 0.364. The molecule has 0 fully saturated rings. The zero-order valence-corrected chi connectivity index (χ0v) is 23.7. The number of aryl methyl sites for hydroxylation is 1. The number of hydrogen-bond acceptors (Lipinski definition) is 5. The van der Waals surface area contributed by atoms with E-state index in [1.807, 2.05) is 35.9 Å². The lowest BCUT2D eigenvalue weighted by molar-refractivity contribution is 0.174. The molecular formula is C33H41N3O3. The Morgan fingerprint density at radius 2 is 1.64 bits per heavy atom. The van der Waals surface area contributed by atoms with Crippen LogP contribution in [0.1, 0.15) is 56.0 Å². The highest BCUT2D eigenvalue weighted by Gasteiger charge is 2.15. The summed E-state index contributed by atoms with van der Waals surface area (Å²) in [5, 5.41) is 8.15. The lowest BCUT2D eigenvalue weighted by Gasteiger charge is -2.08. The second kappa shape index (κ2) is 14.4. The van der Waals surface area contributed by atoms with Gasteiger partial charge in [0.25, 0.3) is 0 Å². The van der Waals surface area contributed by atoms with E-state index in [2.05, 4.69) is 74.7 Å². The molecule has 1 N–H and O–H groups in total. The third-order valence-electron chi connectivity index (χ3n) is 6.74. The summed E-state index contributed by atoms with van der Waals surface area (Å²) in [4.78, 5) is 0.